The summed E-state index contributed by atoms with van der Waals surface area (Å²) in [6, 6.07) is 5.22. The topological polar surface area (TPSA) is 82.6 Å². The molecule has 1 aromatic heterocycles. The van der Waals surface area contributed by atoms with Crippen LogP contribution in [0.3, 0.4) is 0 Å². The molecule has 1 aliphatic heterocycles. The van der Waals surface area contributed by atoms with Crippen molar-refractivity contribution in [3.05, 3.63) is 23.9 Å². The normalized spacial score (nSPS) is 21.9. The molecule has 1 aliphatic rings. The van der Waals surface area contributed by atoms with E-state index in [9.17, 15) is 4.79 Å². The minimum absolute atomic E-state index is 0.0156. The molecule has 2 heterocycles. The average molecular weight is 387 g/mol. The van der Waals surface area contributed by atoms with Gasteiger partial charge in [0.05, 0.1) is 24.8 Å². The van der Waals surface area contributed by atoms with Crippen LogP contribution in [0.1, 0.15) is 32.9 Å². The number of carbonyl (C=O) groups excluding carboxylic acids is 1. The number of nitrogens with zero attached hydrogens (tertiary/aromatic N) is 2. The Morgan fingerprint density at radius 3 is 2.75 bits per heavy atom. The van der Waals surface area contributed by atoms with E-state index in [1.807, 2.05) is 39.0 Å². The highest BCUT2D eigenvalue weighted by atomic mass is 16.5. The van der Waals surface area contributed by atoms with E-state index in [0.29, 0.717) is 30.5 Å². The predicted octanol–water partition coefficient (Wildman–Crippen LogP) is 2.89. The molecule has 1 N–H and O–H groups in total. The van der Waals surface area contributed by atoms with Gasteiger partial charge in [-0.1, -0.05) is 20.8 Å². The van der Waals surface area contributed by atoms with Crippen molar-refractivity contribution in [2.45, 2.75) is 46.3 Å². The number of ether oxygens (including phenoxy) is 3. The van der Waals surface area contributed by atoms with Crippen molar-refractivity contribution in [3.63, 3.8) is 0 Å². The lowest BCUT2D eigenvalue weighted by molar-refractivity contribution is -0.148. The zero-order valence-corrected chi connectivity index (χ0v) is 17.2. The highest BCUT2D eigenvalue weighted by Crippen LogP contribution is 2.28. The number of carbonyl (C=O) groups is 1. The van der Waals surface area contributed by atoms with Gasteiger partial charge in [-0.15, -0.1) is 0 Å². The second kappa shape index (κ2) is 8.73. The van der Waals surface area contributed by atoms with E-state index >= 15 is 0 Å². The van der Waals surface area contributed by atoms with Crippen LogP contribution in [0.15, 0.2) is 18.2 Å². The van der Waals surface area contributed by atoms with Crippen molar-refractivity contribution in [1.29, 1.82) is 0 Å². The number of benzene rings is 1. The third-order valence-electron chi connectivity index (χ3n) is 4.99. The van der Waals surface area contributed by atoms with Crippen molar-refractivity contribution >= 4 is 17.0 Å². The molecule has 1 unspecified atom stereocenters. The number of aromatic nitrogens is 2. The van der Waals surface area contributed by atoms with Gasteiger partial charge in [0, 0.05) is 18.5 Å². The van der Waals surface area contributed by atoms with E-state index in [4.69, 9.17) is 14.2 Å². The molecule has 152 valence electrons. The van der Waals surface area contributed by atoms with Crippen LogP contribution >= 0.6 is 0 Å². The van der Waals surface area contributed by atoms with Gasteiger partial charge >= 0.3 is 5.97 Å². The summed E-state index contributed by atoms with van der Waals surface area (Å²) in [4.78, 5) is 21.7. The van der Waals surface area contributed by atoms with Crippen LogP contribution in [-0.4, -0.2) is 48.3 Å². The van der Waals surface area contributed by atoms with E-state index in [1.165, 1.54) is 0 Å². The van der Waals surface area contributed by atoms with E-state index in [-0.39, 0.29) is 24.0 Å². The van der Waals surface area contributed by atoms with Crippen molar-refractivity contribution in [3.8, 4) is 11.6 Å². The van der Waals surface area contributed by atoms with Gasteiger partial charge in [0.2, 0.25) is 5.88 Å². The van der Waals surface area contributed by atoms with Gasteiger partial charge in [0.1, 0.15) is 23.6 Å². The molecule has 0 radical (unpaired) electrons. The monoisotopic (exact) mass is 387 g/mol. The SMILES string of the molecule is CCC1[C@@H](Oc2nc3cc(OC)ccc3nc2C)CN[C@@H]1C(=O)OCC(C)C. The van der Waals surface area contributed by atoms with Gasteiger partial charge in [0.15, 0.2) is 0 Å². The lowest BCUT2D eigenvalue weighted by Gasteiger charge is -2.23. The third kappa shape index (κ3) is 4.35. The summed E-state index contributed by atoms with van der Waals surface area (Å²) in [6.07, 6.45) is 0.630. The first-order valence-electron chi connectivity index (χ1n) is 9.82. The molecular formula is C21H29N3O4. The van der Waals surface area contributed by atoms with Crippen LogP contribution in [0.2, 0.25) is 0 Å². The van der Waals surface area contributed by atoms with Crippen molar-refractivity contribution < 1.29 is 19.0 Å². The molecule has 1 fully saturated rings. The smallest absolute Gasteiger partial charge is 0.323 e. The number of esters is 1. The van der Waals surface area contributed by atoms with E-state index in [1.54, 1.807) is 7.11 Å². The molecule has 2 aromatic rings. The largest absolute Gasteiger partial charge is 0.497 e. The zero-order valence-electron chi connectivity index (χ0n) is 17.2. The fraction of sp³-hybridized carbons (Fsp3) is 0.571. The summed E-state index contributed by atoms with van der Waals surface area (Å²) in [7, 11) is 1.62. The Morgan fingerprint density at radius 1 is 1.29 bits per heavy atom. The van der Waals surface area contributed by atoms with Crippen molar-refractivity contribution in [1.82, 2.24) is 15.3 Å². The summed E-state index contributed by atoms with van der Waals surface area (Å²) in [6.45, 7) is 8.97. The fourth-order valence-corrected chi connectivity index (χ4v) is 3.47. The number of hydrogen-bond acceptors (Lipinski definition) is 7. The maximum atomic E-state index is 12.4. The van der Waals surface area contributed by atoms with E-state index < -0.39 is 0 Å². The molecule has 1 aromatic carbocycles. The molecule has 7 nitrogen and oxygen atoms in total. The lowest BCUT2D eigenvalue weighted by atomic mass is 9.95. The lowest BCUT2D eigenvalue weighted by Crippen LogP contribution is -2.38. The van der Waals surface area contributed by atoms with Crippen LogP contribution in [0.4, 0.5) is 0 Å². The maximum Gasteiger partial charge on any atom is 0.323 e. The van der Waals surface area contributed by atoms with Gasteiger partial charge in [-0.05, 0) is 31.4 Å². The predicted molar refractivity (Wildman–Crippen MR) is 107 cm³/mol. The van der Waals surface area contributed by atoms with Crippen molar-refractivity contribution in [2.24, 2.45) is 11.8 Å². The van der Waals surface area contributed by atoms with Gasteiger partial charge in [-0.25, -0.2) is 9.97 Å². The standard InChI is InChI=1S/C21H29N3O4/c1-6-15-18(10-22-19(15)21(25)27-11-12(2)3)28-20-13(4)23-16-8-7-14(26-5)9-17(16)24-20/h7-9,12,15,18-19,22H,6,10-11H2,1-5H3/t15?,18-,19-/m0/s1. The van der Waals surface area contributed by atoms with E-state index in [0.717, 1.165) is 23.4 Å². The van der Waals surface area contributed by atoms with Crippen molar-refractivity contribution in [2.75, 3.05) is 20.3 Å². The first-order valence-corrected chi connectivity index (χ1v) is 9.82. The molecule has 3 atom stereocenters. The minimum Gasteiger partial charge on any atom is -0.497 e. The average Bonchev–Trinajstić information content (AvgIpc) is 3.08. The molecule has 1 saturated heterocycles. The second-order valence-corrected chi connectivity index (χ2v) is 7.61. The molecule has 28 heavy (non-hydrogen) atoms. The summed E-state index contributed by atoms with van der Waals surface area (Å²) < 4.78 is 16.9. The van der Waals surface area contributed by atoms with E-state index in [2.05, 4.69) is 22.2 Å². The van der Waals surface area contributed by atoms with Gasteiger partial charge in [-0.3, -0.25) is 4.79 Å². The quantitative estimate of drug-likeness (QED) is 0.732. The van der Waals surface area contributed by atoms with Crippen LogP contribution in [0.5, 0.6) is 11.6 Å². The Labute approximate surface area is 165 Å². The molecule has 0 spiro atoms. The summed E-state index contributed by atoms with van der Waals surface area (Å²) in [5.74, 6) is 1.32. The maximum absolute atomic E-state index is 12.4. The second-order valence-electron chi connectivity index (χ2n) is 7.61. The number of rotatable bonds is 7. The Hall–Kier alpha value is -2.41. The van der Waals surface area contributed by atoms with Gasteiger partial charge < -0.3 is 19.5 Å². The Bertz CT molecular complexity index is 840. The summed E-state index contributed by atoms with van der Waals surface area (Å²) in [5.41, 5.74) is 2.22. The summed E-state index contributed by atoms with van der Waals surface area (Å²) in [5, 5.41) is 3.26. The first kappa shape index (κ1) is 20.3. The Morgan fingerprint density at radius 2 is 2.07 bits per heavy atom. The molecule has 0 amide bonds. The Kier molecular flexibility index (Phi) is 6.34. The van der Waals surface area contributed by atoms with Crippen LogP contribution in [-0.2, 0) is 9.53 Å². The first-order chi connectivity index (χ1) is 13.4. The number of hydrogen-bond donors (Lipinski definition) is 1. The molecule has 0 aliphatic carbocycles. The summed E-state index contributed by atoms with van der Waals surface area (Å²) >= 11 is 0. The number of nitrogens with one attached hydrogen (secondary N) is 1. The molecule has 7 heteroatoms. The number of methoxy groups -OCH3 is 1. The van der Waals surface area contributed by atoms with Crippen LogP contribution in [0.25, 0.3) is 11.0 Å². The fourth-order valence-electron chi connectivity index (χ4n) is 3.47. The third-order valence-corrected chi connectivity index (χ3v) is 4.99. The number of aryl methyl sites for hydroxylation is 1. The molecule has 0 bridgehead atoms. The molecular weight excluding hydrogens is 358 g/mol. The van der Waals surface area contributed by atoms with Crippen LogP contribution in [0, 0.1) is 18.8 Å². The Balaban J connectivity index is 1.77. The van der Waals surface area contributed by atoms with Crippen LogP contribution < -0.4 is 14.8 Å². The highest BCUT2D eigenvalue weighted by molar-refractivity contribution is 5.77. The van der Waals surface area contributed by atoms with Gasteiger partial charge in [0.25, 0.3) is 0 Å². The highest BCUT2D eigenvalue weighted by Gasteiger charge is 2.41. The molecule has 0 saturated carbocycles. The van der Waals surface area contributed by atoms with Gasteiger partial charge in [-0.2, -0.15) is 0 Å². The number of fused-ring (bicyclic) bond motifs is 1. The molecule has 3 rings (SSSR count). The zero-order chi connectivity index (χ0) is 20.3. The minimum atomic E-state index is -0.359.